The van der Waals surface area contributed by atoms with Gasteiger partial charge in [-0.2, -0.15) is 0 Å². The van der Waals surface area contributed by atoms with Crippen LogP contribution < -0.4 is 20.3 Å². The lowest BCUT2D eigenvalue weighted by molar-refractivity contribution is 0.479. The Balaban J connectivity index is 1.38. The molecular formula is C30H18BNO2. The molecule has 3 heterocycles. The standard InChI is InChI=1S/C30H18BNO2/c1-4-12-25-20(8-1)21-9-2-5-13-26(21)32(25)19-16-17-28-24(18-19)31-30-23(11-7-15-29(30)33-28)22-10-3-6-14-27(22)34-31/h1-18H. The van der Waals surface area contributed by atoms with Gasteiger partial charge < -0.3 is 14.0 Å². The topological polar surface area (TPSA) is 23.4 Å². The molecule has 0 amide bonds. The Morgan fingerprint density at radius 2 is 1.24 bits per heavy atom. The number of para-hydroxylation sites is 3. The molecule has 2 aliphatic rings. The maximum atomic E-state index is 6.62. The number of nitrogens with zero attached hydrogens (tertiary/aromatic N) is 1. The van der Waals surface area contributed by atoms with Gasteiger partial charge in [-0.3, -0.25) is 0 Å². The van der Waals surface area contributed by atoms with E-state index in [2.05, 4.69) is 102 Å². The SMILES string of the molecule is c1ccc2c(c1)OB1c3cc(-n4c5ccccc5c5ccccc54)ccc3Oc3cccc-2c31. The molecule has 4 heteroatoms. The molecule has 0 atom stereocenters. The summed E-state index contributed by atoms with van der Waals surface area (Å²) in [6.07, 6.45) is 0. The van der Waals surface area contributed by atoms with Crippen molar-refractivity contribution in [3.8, 4) is 34.1 Å². The highest BCUT2D eigenvalue weighted by Gasteiger charge is 2.40. The zero-order valence-electron chi connectivity index (χ0n) is 18.2. The first-order valence-electron chi connectivity index (χ1n) is 11.6. The highest BCUT2D eigenvalue weighted by Crippen LogP contribution is 2.39. The maximum Gasteiger partial charge on any atom is 0.434 e. The van der Waals surface area contributed by atoms with Gasteiger partial charge in [-0.15, -0.1) is 0 Å². The molecular weight excluding hydrogens is 417 g/mol. The fraction of sp³-hybridized carbons (Fsp3) is 0. The molecule has 8 rings (SSSR count). The van der Waals surface area contributed by atoms with Gasteiger partial charge in [0.25, 0.3) is 0 Å². The minimum absolute atomic E-state index is 0.210. The third kappa shape index (κ3) is 2.32. The smallest absolute Gasteiger partial charge is 0.434 e. The van der Waals surface area contributed by atoms with Gasteiger partial charge in [0.15, 0.2) is 0 Å². The van der Waals surface area contributed by atoms with Gasteiger partial charge in [-0.25, -0.2) is 0 Å². The summed E-state index contributed by atoms with van der Waals surface area (Å²) in [5.74, 6) is 2.62. The van der Waals surface area contributed by atoms with E-state index in [9.17, 15) is 0 Å². The van der Waals surface area contributed by atoms with E-state index in [1.165, 1.54) is 27.4 Å². The lowest BCUT2D eigenvalue weighted by atomic mass is 9.51. The minimum atomic E-state index is -0.210. The number of aromatic nitrogens is 1. The second kappa shape index (κ2) is 6.55. The minimum Gasteiger partial charge on any atom is -0.551 e. The number of benzene rings is 5. The predicted molar refractivity (Wildman–Crippen MR) is 138 cm³/mol. The van der Waals surface area contributed by atoms with E-state index < -0.39 is 0 Å². The van der Waals surface area contributed by atoms with Gasteiger partial charge in [0.05, 0.1) is 11.0 Å². The van der Waals surface area contributed by atoms with Crippen LogP contribution in [-0.4, -0.2) is 11.5 Å². The highest BCUT2D eigenvalue weighted by atomic mass is 16.5. The molecule has 5 aromatic carbocycles. The Kier molecular flexibility index (Phi) is 3.48. The van der Waals surface area contributed by atoms with Crippen molar-refractivity contribution in [1.82, 2.24) is 4.57 Å². The van der Waals surface area contributed by atoms with E-state index in [0.717, 1.165) is 39.4 Å². The largest absolute Gasteiger partial charge is 0.551 e. The summed E-state index contributed by atoms with van der Waals surface area (Å²) in [5.41, 5.74) is 7.93. The van der Waals surface area contributed by atoms with Gasteiger partial charge in [0.2, 0.25) is 0 Å². The van der Waals surface area contributed by atoms with Crippen LogP contribution in [-0.2, 0) is 0 Å². The number of rotatable bonds is 1. The fourth-order valence-electron chi connectivity index (χ4n) is 5.63. The molecule has 0 unspecified atom stereocenters. The molecule has 158 valence electrons. The molecule has 0 saturated heterocycles. The van der Waals surface area contributed by atoms with Crippen molar-refractivity contribution in [3.63, 3.8) is 0 Å². The van der Waals surface area contributed by atoms with Crippen molar-refractivity contribution in [3.05, 3.63) is 109 Å². The first-order valence-corrected chi connectivity index (χ1v) is 11.6. The lowest BCUT2D eigenvalue weighted by Crippen LogP contribution is -2.53. The zero-order chi connectivity index (χ0) is 22.2. The third-order valence-electron chi connectivity index (χ3n) is 7.08. The van der Waals surface area contributed by atoms with Crippen LogP contribution in [0.5, 0.6) is 17.2 Å². The van der Waals surface area contributed by atoms with E-state index in [-0.39, 0.29) is 6.92 Å². The average Bonchev–Trinajstić information content (AvgIpc) is 3.23. The summed E-state index contributed by atoms with van der Waals surface area (Å²) in [6.45, 7) is -0.210. The molecule has 1 aromatic heterocycles. The second-order valence-electron chi connectivity index (χ2n) is 8.91. The lowest BCUT2D eigenvalue weighted by Gasteiger charge is -2.32. The van der Waals surface area contributed by atoms with Crippen LogP contribution >= 0.6 is 0 Å². The first-order chi connectivity index (χ1) is 16.9. The molecule has 0 bridgehead atoms. The first kappa shape index (κ1) is 18.0. The average molecular weight is 435 g/mol. The zero-order valence-corrected chi connectivity index (χ0v) is 18.2. The van der Waals surface area contributed by atoms with Crippen molar-refractivity contribution >= 4 is 39.6 Å². The van der Waals surface area contributed by atoms with E-state index in [1.807, 2.05) is 12.1 Å². The summed E-state index contributed by atoms with van der Waals surface area (Å²) in [6, 6.07) is 38.1. The molecule has 6 aromatic rings. The molecule has 3 nitrogen and oxygen atoms in total. The monoisotopic (exact) mass is 435 g/mol. The van der Waals surface area contributed by atoms with Crippen LogP contribution in [0.15, 0.2) is 109 Å². The highest BCUT2D eigenvalue weighted by molar-refractivity contribution is 6.84. The maximum absolute atomic E-state index is 6.62. The second-order valence-corrected chi connectivity index (χ2v) is 8.91. The molecule has 0 fully saturated rings. The quantitative estimate of drug-likeness (QED) is 0.294. The van der Waals surface area contributed by atoms with Crippen LogP contribution in [0, 0.1) is 0 Å². The fourth-order valence-corrected chi connectivity index (χ4v) is 5.63. The molecule has 2 aliphatic heterocycles. The van der Waals surface area contributed by atoms with Crippen molar-refractivity contribution in [2.75, 3.05) is 0 Å². The number of hydrogen-bond donors (Lipinski definition) is 0. The van der Waals surface area contributed by atoms with Crippen molar-refractivity contribution in [2.24, 2.45) is 0 Å². The predicted octanol–water partition coefficient (Wildman–Crippen LogP) is 6.05. The van der Waals surface area contributed by atoms with E-state index in [4.69, 9.17) is 9.39 Å². The number of ether oxygens (including phenoxy) is 1. The van der Waals surface area contributed by atoms with Crippen molar-refractivity contribution < 1.29 is 9.39 Å². The van der Waals surface area contributed by atoms with E-state index in [1.54, 1.807) is 0 Å². The molecule has 0 radical (unpaired) electrons. The Labute approximate surface area is 196 Å². The Morgan fingerprint density at radius 3 is 2.06 bits per heavy atom. The van der Waals surface area contributed by atoms with Crippen molar-refractivity contribution in [1.29, 1.82) is 0 Å². The van der Waals surface area contributed by atoms with Crippen molar-refractivity contribution in [2.45, 2.75) is 0 Å². The molecule has 34 heavy (non-hydrogen) atoms. The third-order valence-corrected chi connectivity index (χ3v) is 7.08. The number of hydrogen-bond acceptors (Lipinski definition) is 2. The molecule has 0 saturated carbocycles. The normalized spacial score (nSPS) is 13.1. The van der Waals surface area contributed by atoms with Gasteiger partial charge in [0, 0.05) is 32.9 Å². The van der Waals surface area contributed by atoms with Crippen LogP contribution in [0.1, 0.15) is 0 Å². The van der Waals surface area contributed by atoms with Gasteiger partial charge >= 0.3 is 6.92 Å². The van der Waals surface area contributed by atoms with E-state index >= 15 is 0 Å². The van der Waals surface area contributed by atoms with Crippen LogP contribution in [0.25, 0.3) is 38.6 Å². The molecule has 0 spiro atoms. The summed E-state index contributed by atoms with van der Waals surface area (Å²) in [4.78, 5) is 0. The van der Waals surface area contributed by atoms with Gasteiger partial charge in [0.1, 0.15) is 17.2 Å². The van der Waals surface area contributed by atoms with Crippen LogP contribution in [0.3, 0.4) is 0 Å². The van der Waals surface area contributed by atoms with Gasteiger partial charge in [-0.1, -0.05) is 66.7 Å². The van der Waals surface area contributed by atoms with E-state index in [0.29, 0.717) is 0 Å². The molecule has 0 N–H and O–H groups in total. The Bertz CT molecular complexity index is 1730. The van der Waals surface area contributed by atoms with Crippen LogP contribution in [0.2, 0.25) is 0 Å². The summed E-state index contributed by atoms with van der Waals surface area (Å²) < 4.78 is 15.4. The molecule has 0 aliphatic carbocycles. The summed E-state index contributed by atoms with van der Waals surface area (Å²) in [5, 5.41) is 2.50. The Hall–Kier alpha value is -4.44. The summed E-state index contributed by atoms with van der Waals surface area (Å²) >= 11 is 0. The number of fused-ring (bicyclic) bond motifs is 7. The van der Waals surface area contributed by atoms with Gasteiger partial charge in [-0.05, 0) is 48.0 Å². The Morgan fingerprint density at radius 1 is 0.559 bits per heavy atom. The summed E-state index contributed by atoms with van der Waals surface area (Å²) in [7, 11) is 0. The van der Waals surface area contributed by atoms with Crippen LogP contribution in [0.4, 0.5) is 0 Å².